The summed E-state index contributed by atoms with van der Waals surface area (Å²) in [6.07, 6.45) is 3.53. The first-order valence-electron chi connectivity index (χ1n) is 6.16. The van der Waals surface area contributed by atoms with Gasteiger partial charge >= 0.3 is 0 Å². The minimum absolute atomic E-state index is 0.108. The zero-order valence-corrected chi connectivity index (χ0v) is 10.00. The monoisotopic (exact) mass is 209 g/mol. The molecule has 3 nitrogen and oxygen atoms in total. The Balaban J connectivity index is 2.41. The SMILES string of the molecule is CCC(C#N)N(CC)CC1CCCNC1. The second kappa shape index (κ2) is 6.81. The van der Waals surface area contributed by atoms with Gasteiger partial charge in [-0.05, 0) is 44.8 Å². The zero-order chi connectivity index (χ0) is 11.1. The van der Waals surface area contributed by atoms with Gasteiger partial charge in [0.1, 0.15) is 0 Å². The Morgan fingerprint density at radius 1 is 1.53 bits per heavy atom. The van der Waals surface area contributed by atoms with Crippen LogP contribution in [-0.4, -0.2) is 37.1 Å². The van der Waals surface area contributed by atoms with Crippen LogP contribution < -0.4 is 5.32 Å². The Bertz CT molecular complexity index is 203. The van der Waals surface area contributed by atoms with Crippen molar-refractivity contribution in [2.75, 3.05) is 26.2 Å². The summed E-state index contributed by atoms with van der Waals surface area (Å²) in [5.74, 6) is 0.737. The molecule has 0 aromatic heterocycles. The van der Waals surface area contributed by atoms with E-state index in [1.807, 2.05) is 0 Å². The molecular weight excluding hydrogens is 186 g/mol. The summed E-state index contributed by atoms with van der Waals surface area (Å²) in [4.78, 5) is 2.32. The maximum Gasteiger partial charge on any atom is 0.0975 e. The van der Waals surface area contributed by atoms with Gasteiger partial charge in [-0.3, -0.25) is 4.90 Å². The highest BCUT2D eigenvalue weighted by atomic mass is 15.2. The Kier molecular flexibility index (Phi) is 5.67. The van der Waals surface area contributed by atoms with Crippen molar-refractivity contribution in [1.82, 2.24) is 10.2 Å². The lowest BCUT2D eigenvalue weighted by atomic mass is 9.98. The van der Waals surface area contributed by atoms with Crippen LogP contribution in [0, 0.1) is 17.2 Å². The molecule has 0 spiro atoms. The molecule has 0 saturated carbocycles. The molecule has 0 aromatic carbocycles. The Morgan fingerprint density at radius 3 is 2.80 bits per heavy atom. The summed E-state index contributed by atoms with van der Waals surface area (Å²) < 4.78 is 0. The van der Waals surface area contributed by atoms with Gasteiger partial charge in [0.05, 0.1) is 12.1 Å². The first kappa shape index (κ1) is 12.5. The normalized spacial score (nSPS) is 23.7. The predicted molar refractivity (Wildman–Crippen MR) is 62.5 cm³/mol. The molecule has 0 bridgehead atoms. The minimum Gasteiger partial charge on any atom is -0.316 e. The topological polar surface area (TPSA) is 39.1 Å². The Morgan fingerprint density at radius 2 is 2.33 bits per heavy atom. The first-order valence-corrected chi connectivity index (χ1v) is 6.16. The van der Waals surface area contributed by atoms with Crippen LogP contribution in [0.4, 0.5) is 0 Å². The zero-order valence-electron chi connectivity index (χ0n) is 10.00. The molecule has 1 rings (SSSR count). The average molecular weight is 209 g/mol. The summed E-state index contributed by atoms with van der Waals surface area (Å²) in [7, 11) is 0. The fraction of sp³-hybridized carbons (Fsp3) is 0.917. The number of hydrogen-bond acceptors (Lipinski definition) is 3. The second-order valence-electron chi connectivity index (χ2n) is 4.35. The van der Waals surface area contributed by atoms with Gasteiger partial charge in [0, 0.05) is 6.54 Å². The highest BCUT2D eigenvalue weighted by Gasteiger charge is 2.20. The molecule has 2 unspecified atom stereocenters. The lowest BCUT2D eigenvalue weighted by Crippen LogP contribution is -2.42. The van der Waals surface area contributed by atoms with Crippen molar-refractivity contribution >= 4 is 0 Å². The van der Waals surface area contributed by atoms with Crippen LogP contribution in [0.2, 0.25) is 0 Å². The number of hydrogen-bond donors (Lipinski definition) is 1. The van der Waals surface area contributed by atoms with E-state index in [0.29, 0.717) is 0 Å². The van der Waals surface area contributed by atoms with Gasteiger partial charge in [0.15, 0.2) is 0 Å². The number of nitrogens with zero attached hydrogens (tertiary/aromatic N) is 2. The number of piperidine rings is 1. The van der Waals surface area contributed by atoms with E-state index in [2.05, 4.69) is 30.1 Å². The second-order valence-corrected chi connectivity index (χ2v) is 4.35. The van der Waals surface area contributed by atoms with Gasteiger partial charge in [-0.2, -0.15) is 5.26 Å². The van der Waals surface area contributed by atoms with Gasteiger partial charge in [-0.25, -0.2) is 0 Å². The van der Waals surface area contributed by atoms with E-state index in [-0.39, 0.29) is 6.04 Å². The average Bonchev–Trinajstić information content (AvgIpc) is 2.30. The molecule has 1 N–H and O–H groups in total. The molecule has 86 valence electrons. The van der Waals surface area contributed by atoms with Crippen molar-refractivity contribution in [3.63, 3.8) is 0 Å². The molecule has 0 amide bonds. The van der Waals surface area contributed by atoms with Crippen LogP contribution in [0.3, 0.4) is 0 Å². The first-order chi connectivity index (χ1) is 7.31. The van der Waals surface area contributed by atoms with Gasteiger partial charge in [0.2, 0.25) is 0 Å². The molecule has 3 heteroatoms. The third-order valence-corrected chi connectivity index (χ3v) is 3.27. The lowest BCUT2D eigenvalue weighted by molar-refractivity contribution is 0.185. The van der Waals surface area contributed by atoms with E-state index in [9.17, 15) is 0 Å². The van der Waals surface area contributed by atoms with Gasteiger partial charge in [0.25, 0.3) is 0 Å². The summed E-state index contributed by atoms with van der Waals surface area (Å²) in [5, 5.41) is 12.5. The summed E-state index contributed by atoms with van der Waals surface area (Å²) in [6, 6.07) is 2.51. The quantitative estimate of drug-likeness (QED) is 0.747. The van der Waals surface area contributed by atoms with Crippen molar-refractivity contribution in [2.24, 2.45) is 5.92 Å². The van der Waals surface area contributed by atoms with Crippen molar-refractivity contribution in [1.29, 1.82) is 5.26 Å². The van der Waals surface area contributed by atoms with Crippen molar-refractivity contribution in [3.8, 4) is 6.07 Å². The van der Waals surface area contributed by atoms with Crippen LogP contribution in [0.25, 0.3) is 0 Å². The van der Waals surface area contributed by atoms with E-state index in [1.54, 1.807) is 0 Å². The van der Waals surface area contributed by atoms with Crippen molar-refractivity contribution in [3.05, 3.63) is 0 Å². The molecule has 1 heterocycles. The highest BCUT2D eigenvalue weighted by Crippen LogP contribution is 2.14. The fourth-order valence-electron chi connectivity index (χ4n) is 2.32. The predicted octanol–water partition coefficient (Wildman–Crippen LogP) is 1.61. The third-order valence-electron chi connectivity index (χ3n) is 3.27. The maximum atomic E-state index is 9.05. The standard InChI is InChI=1S/C12H23N3/c1-3-12(8-13)15(4-2)10-11-6-5-7-14-9-11/h11-12,14H,3-7,9-10H2,1-2H3. The van der Waals surface area contributed by atoms with E-state index in [4.69, 9.17) is 5.26 Å². The van der Waals surface area contributed by atoms with Crippen molar-refractivity contribution in [2.45, 2.75) is 39.2 Å². The Labute approximate surface area is 93.5 Å². The number of rotatable bonds is 5. The van der Waals surface area contributed by atoms with Gasteiger partial charge in [-0.15, -0.1) is 0 Å². The molecule has 1 saturated heterocycles. The van der Waals surface area contributed by atoms with E-state index in [1.165, 1.54) is 12.8 Å². The molecule has 2 atom stereocenters. The third kappa shape index (κ3) is 3.81. The smallest absolute Gasteiger partial charge is 0.0975 e. The molecule has 0 aromatic rings. The molecule has 0 aliphatic carbocycles. The molecule has 15 heavy (non-hydrogen) atoms. The summed E-state index contributed by atoms with van der Waals surface area (Å²) >= 11 is 0. The largest absolute Gasteiger partial charge is 0.316 e. The van der Waals surface area contributed by atoms with Crippen LogP contribution >= 0.6 is 0 Å². The number of nitrogens with one attached hydrogen (secondary N) is 1. The Hall–Kier alpha value is -0.590. The maximum absolute atomic E-state index is 9.05. The summed E-state index contributed by atoms with van der Waals surface area (Å²) in [6.45, 7) is 8.60. The van der Waals surface area contributed by atoms with Gasteiger partial charge < -0.3 is 5.32 Å². The van der Waals surface area contributed by atoms with Crippen molar-refractivity contribution < 1.29 is 0 Å². The van der Waals surface area contributed by atoms with Crippen LogP contribution in [0.15, 0.2) is 0 Å². The molecule has 0 radical (unpaired) electrons. The minimum atomic E-state index is 0.108. The van der Waals surface area contributed by atoms with E-state index < -0.39 is 0 Å². The lowest BCUT2D eigenvalue weighted by Gasteiger charge is -2.31. The van der Waals surface area contributed by atoms with Crippen LogP contribution in [0.5, 0.6) is 0 Å². The number of nitriles is 1. The highest BCUT2D eigenvalue weighted by molar-refractivity contribution is 4.91. The van der Waals surface area contributed by atoms with Crippen LogP contribution in [-0.2, 0) is 0 Å². The molecule has 1 aliphatic heterocycles. The van der Waals surface area contributed by atoms with E-state index >= 15 is 0 Å². The molecule has 1 aliphatic rings. The van der Waals surface area contributed by atoms with Gasteiger partial charge in [-0.1, -0.05) is 13.8 Å². The summed E-state index contributed by atoms with van der Waals surface area (Å²) in [5.41, 5.74) is 0. The molecular formula is C12H23N3. The van der Waals surface area contributed by atoms with E-state index in [0.717, 1.165) is 38.5 Å². The molecule has 1 fully saturated rings. The van der Waals surface area contributed by atoms with Crippen LogP contribution in [0.1, 0.15) is 33.1 Å². The fourth-order valence-corrected chi connectivity index (χ4v) is 2.32.